The van der Waals surface area contributed by atoms with Gasteiger partial charge >= 0.3 is 7.12 Å². The lowest BCUT2D eigenvalue weighted by Crippen LogP contribution is -2.41. The number of rotatable bonds is 3. The fourth-order valence-electron chi connectivity index (χ4n) is 4.25. The Labute approximate surface area is 190 Å². The van der Waals surface area contributed by atoms with Gasteiger partial charge in [0.05, 0.1) is 11.2 Å². The van der Waals surface area contributed by atoms with Gasteiger partial charge < -0.3 is 13.7 Å². The Balaban J connectivity index is 1.78. The van der Waals surface area contributed by atoms with Crippen molar-refractivity contribution in [3.8, 4) is 22.5 Å². The molecule has 2 heterocycles. The molecule has 0 saturated carbocycles. The van der Waals surface area contributed by atoms with Crippen molar-refractivity contribution in [1.29, 1.82) is 0 Å². The summed E-state index contributed by atoms with van der Waals surface area (Å²) in [6.07, 6.45) is 0. The van der Waals surface area contributed by atoms with E-state index in [0.717, 1.165) is 38.9 Å². The van der Waals surface area contributed by atoms with Gasteiger partial charge in [-0.25, -0.2) is 0 Å². The van der Waals surface area contributed by atoms with Crippen LogP contribution in [0.15, 0.2) is 71.1 Å². The minimum Gasteiger partial charge on any atom is -0.455 e. The summed E-state index contributed by atoms with van der Waals surface area (Å²) >= 11 is 0. The van der Waals surface area contributed by atoms with Crippen LogP contribution in [0.1, 0.15) is 38.8 Å². The smallest absolute Gasteiger partial charge is 0.455 e. The third-order valence-corrected chi connectivity index (χ3v) is 6.91. The number of hydrogen-bond acceptors (Lipinski definition) is 3. The number of benzene rings is 3. The molecule has 3 aromatic carbocycles. The predicted molar refractivity (Wildman–Crippen MR) is 132 cm³/mol. The molecule has 162 valence electrons. The van der Waals surface area contributed by atoms with Crippen LogP contribution in [0.3, 0.4) is 0 Å². The summed E-state index contributed by atoms with van der Waals surface area (Å²) in [6, 6.07) is 23.2. The lowest BCUT2D eigenvalue weighted by molar-refractivity contribution is 0.00578. The highest BCUT2D eigenvalue weighted by atomic mass is 16.7. The fourth-order valence-corrected chi connectivity index (χ4v) is 4.25. The number of furan rings is 1. The molecule has 0 N–H and O–H groups in total. The van der Waals surface area contributed by atoms with E-state index in [4.69, 9.17) is 13.7 Å². The molecule has 1 saturated heterocycles. The van der Waals surface area contributed by atoms with Crippen molar-refractivity contribution in [1.82, 2.24) is 0 Å². The monoisotopic (exact) mass is 424 g/mol. The largest absolute Gasteiger partial charge is 0.495 e. The molecule has 32 heavy (non-hydrogen) atoms. The molecule has 0 bridgehead atoms. The van der Waals surface area contributed by atoms with Gasteiger partial charge in [0.2, 0.25) is 0 Å². The molecule has 0 aliphatic carbocycles. The van der Waals surface area contributed by atoms with Crippen molar-refractivity contribution >= 4 is 23.6 Å². The Kier molecular flexibility index (Phi) is 4.84. The lowest BCUT2D eigenvalue weighted by atomic mass is 9.75. The Bertz CT molecular complexity index is 1270. The molecule has 0 amide bonds. The maximum absolute atomic E-state index is 6.50. The minimum atomic E-state index is -0.462. The lowest BCUT2D eigenvalue weighted by Gasteiger charge is -2.32. The quantitative estimate of drug-likeness (QED) is 0.344. The van der Waals surface area contributed by atoms with Gasteiger partial charge in [0.15, 0.2) is 0 Å². The average Bonchev–Trinajstić information content (AvgIpc) is 3.23. The SMILES string of the molecule is Cc1ccc(-c2oc3cccc(B4OC(C)(C)C(C)(C)O4)c3c2-c2ccc(C)cc2)cc1. The third kappa shape index (κ3) is 3.39. The first-order valence-electron chi connectivity index (χ1n) is 11.2. The maximum atomic E-state index is 6.50. The Morgan fingerprint density at radius 3 is 1.75 bits per heavy atom. The number of hydrogen-bond donors (Lipinski definition) is 0. The van der Waals surface area contributed by atoms with Gasteiger partial charge in [0, 0.05) is 16.5 Å². The highest BCUT2D eigenvalue weighted by Crippen LogP contribution is 2.42. The van der Waals surface area contributed by atoms with Crippen LogP contribution in [-0.4, -0.2) is 18.3 Å². The molecule has 1 fully saturated rings. The minimum absolute atomic E-state index is 0.409. The van der Waals surface area contributed by atoms with E-state index >= 15 is 0 Å². The van der Waals surface area contributed by atoms with Gasteiger partial charge in [-0.15, -0.1) is 0 Å². The van der Waals surface area contributed by atoms with Gasteiger partial charge in [-0.2, -0.15) is 0 Å². The molecule has 1 aliphatic heterocycles. The topological polar surface area (TPSA) is 31.6 Å². The molecule has 1 aliphatic rings. The maximum Gasteiger partial charge on any atom is 0.495 e. The first-order chi connectivity index (χ1) is 15.2. The van der Waals surface area contributed by atoms with E-state index in [2.05, 4.69) is 96.1 Å². The van der Waals surface area contributed by atoms with E-state index in [1.165, 1.54) is 11.1 Å². The summed E-state index contributed by atoms with van der Waals surface area (Å²) in [7, 11) is -0.462. The number of aryl methyl sites for hydroxylation is 2. The summed E-state index contributed by atoms with van der Waals surface area (Å²) in [5, 5.41) is 1.05. The summed E-state index contributed by atoms with van der Waals surface area (Å²) in [6.45, 7) is 12.5. The Hall–Kier alpha value is -2.82. The molecular formula is C28H29BO3. The summed E-state index contributed by atoms with van der Waals surface area (Å²) in [4.78, 5) is 0. The van der Waals surface area contributed by atoms with Crippen LogP contribution in [0.5, 0.6) is 0 Å². The normalized spacial score (nSPS) is 17.2. The first-order valence-corrected chi connectivity index (χ1v) is 11.2. The van der Waals surface area contributed by atoms with Gasteiger partial charge in [0.25, 0.3) is 0 Å². The van der Waals surface area contributed by atoms with Gasteiger partial charge in [-0.1, -0.05) is 71.8 Å². The van der Waals surface area contributed by atoms with Crippen LogP contribution in [0, 0.1) is 13.8 Å². The van der Waals surface area contributed by atoms with Crippen LogP contribution in [-0.2, 0) is 9.31 Å². The van der Waals surface area contributed by atoms with Crippen LogP contribution in [0.2, 0.25) is 0 Å². The summed E-state index contributed by atoms with van der Waals surface area (Å²) in [5.41, 5.74) is 6.72. The highest BCUT2D eigenvalue weighted by Gasteiger charge is 2.52. The van der Waals surface area contributed by atoms with Crippen molar-refractivity contribution < 1.29 is 13.7 Å². The predicted octanol–water partition coefficient (Wildman–Crippen LogP) is 6.68. The fraction of sp³-hybridized carbons (Fsp3) is 0.286. The van der Waals surface area contributed by atoms with Gasteiger partial charge in [0.1, 0.15) is 11.3 Å². The zero-order chi connectivity index (χ0) is 22.7. The Morgan fingerprint density at radius 2 is 1.19 bits per heavy atom. The molecule has 1 aromatic heterocycles. The molecule has 4 aromatic rings. The van der Waals surface area contributed by atoms with Crippen molar-refractivity contribution in [3.05, 3.63) is 77.9 Å². The van der Waals surface area contributed by atoms with E-state index in [1.807, 2.05) is 12.1 Å². The second kappa shape index (κ2) is 7.36. The highest BCUT2D eigenvalue weighted by molar-refractivity contribution is 6.65. The average molecular weight is 424 g/mol. The molecule has 0 unspecified atom stereocenters. The summed E-state index contributed by atoms with van der Waals surface area (Å²) in [5.74, 6) is 0.868. The van der Waals surface area contributed by atoms with Crippen molar-refractivity contribution in [2.24, 2.45) is 0 Å². The van der Waals surface area contributed by atoms with Crippen molar-refractivity contribution in [2.45, 2.75) is 52.7 Å². The van der Waals surface area contributed by atoms with Gasteiger partial charge in [-0.3, -0.25) is 0 Å². The van der Waals surface area contributed by atoms with E-state index in [1.54, 1.807) is 0 Å². The van der Waals surface area contributed by atoms with E-state index < -0.39 is 18.3 Å². The van der Waals surface area contributed by atoms with E-state index in [0.29, 0.717) is 0 Å². The van der Waals surface area contributed by atoms with Crippen molar-refractivity contribution in [2.75, 3.05) is 0 Å². The molecule has 0 radical (unpaired) electrons. The zero-order valence-corrected chi connectivity index (χ0v) is 19.7. The molecular weight excluding hydrogens is 395 g/mol. The Morgan fingerprint density at radius 1 is 0.656 bits per heavy atom. The third-order valence-electron chi connectivity index (χ3n) is 6.91. The van der Waals surface area contributed by atoms with Crippen LogP contribution in [0.4, 0.5) is 0 Å². The van der Waals surface area contributed by atoms with Crippen molar-refractivity contribution in [3.63, 3.8) is 0 Å². The number of fused-ring (bicyclic) bond motifs is 1. The molecule has 0 spiro atoms. The van der Waals surface area contributed by atoms with Crippen LogP contribution >= 0.6 is 0 Å². The second-order valence-electron chi connectivity index (χ2n) is 9.85. The van der Waals surface area contributed by atoms with E-state index in [9.17, 15) is 0 Å². The second-order valence-corrected chi connectivity index (χ2v) is 9.85. The van der Waals surface area contributed by atoms with Gasteiger partial charge in [-0.05, 0) is 58.6 Å². The first kappa shape index (κ1) is 21.1. The molecule has 5 rings (SSSR count). The summed E-state index contributed by atoms with van der Waals surface area (Å²) < 4.78 is 19.4. The van der Waals surface area contributed by atoms with Crippen LogP contribution < -0.4 is 5.46 Å². The zero-order valence-electron chi connectivity index (χ0n) is 19.7. The van der Waals surface area contributed by atoms with Crippen LogP contribution in [0.25, 0.3) is 33.4 Å². The van der Waals surface area contributed by atoms with E-state index in [-0.39, 0.29) is 0 Å². The molecule has 0 atom stereocenters. The molecule has 4 heteroatoms. The molecule has 3 nitrogen and oxygen atoms in total. The standard InChI is InChI=1S/C28H29BO3/c1-18-10-14-20(15-11-18)24-25-22(29-31-27(3,4)28(5,6)32-29)8-7-9-23(25)30-26(24)21-16-12-19(2)13-17-21/h7-17H,1-6H3.